The van der Waals surface area contributed by atoms with Gasteiger partial charge in [-0.05, 0) is 44.9 Å². The van der Waals surface area contributed by atoms with Crippen LogP contribution in [0, 0.1) is 0 Å². The van der Waals surface area contributed by atoms with E-state index in [0.717, 1.165) is 48.9 Å². The summed E-state index contributed by atoms with van der Waals surface area (Å²) in [6.45, 7) is 11.5. The van der Waals surface area contributed by atoms with Gasteiger partial charge in [-0.3, -0.25) is 0 Å². The SMILES string of the molecule is CCCNCc1cnc(N(CC)C(C)CC)c(Cl)c1. The van der Waals surface area contributed by atoms with Crippen LogP contribution in [-0.4, -0.2) is 24.1 Å². The second-order valence-corrected chi connectivity index (χ2v) is 5.28. The average Bonchev–Trinajstić information content (AvgIpc) is 2.41. The summed E-state index contributed by atoms with van der Waals surface area (Å²) in [7, 11) is 0. The summed E-state index contributed by atoms with van der Waals surface area (Å²) >= 11 is 6.38. The first kappa shape index (κ1) is 16.3. The van der Waals surface area contributed by atoms with E-state index in [9.17, 15) is 0 Å². The van der Waals surface area contributed by atoms with Crippen LogP contribution in [0.3, 0.4) is 0 Å². The van der Waals surface area contributed by atoms with Crippen molar-refractivity contribution in [3.8, 4) is 0 Å². The van der Waals surface area contributed by atoms with E-state index >= 15 is 0 Å². The van der Waals surface area contributed by atoms with Gasteiger partial charge in [0.05, 0.1) is 5.02 Å². The fourth-order valence-corrected chi connectivity index (χ4v) is 2.38. The fraction of sp³-hybridized carbons (Fsp3) is 0.667. The molecule has 1 aromatic heterocycles. The monoisotopic (exact) mass is 283 g/mol. The topological polar surface area (TPSA) is 28.2 Å². The van der Waals surface area contributed by atoms with Crippen LogP contribution < -0.4 is 10.2 Å². The Labute approximate surface area is 122 Å². The second-order valence-electron chi connectivity index (χ2n) is 4.87. The van der Waals surface area contributed by atoms with Gasteiger partial charge in [0.15, 0.2) is 0 Å². The Balaban J connectivity index is 2.80. The van der Waals surface area contributed by atoms with Crippen molar-refractivity contribution in [3.63, 3.8) is 0 Å². The Morgan fingerprint density at radius 1 is 1.37 bits per heavy atom. The van der Waals surface area contributed by atoms with Crippen LogP contribution in [0.4, 0.5) is 5.82 Å². The van der Waals surface area contributed by atoms with Gasteiger partial charge in [-0.2, -0.15) is 0 Å². The van der Waals surface area contributed by atoms with Gasteiger partial charge in [0.1, 0.15) is 5.82 Å². The van der Waals surface area contributed by atoms with Crippen LogP contribution in [0.2, 0.25) is 5.02 Å². The highest BCUT2D eigenvalue weighted by atomic mass is 35.5. The van der Waals surface area contributed by atoms with E-state index in [2.05, 4.69) is 42.9 Å². The van der Waals surface area contributed by atoms with Gasteiger partial charge in [0.2, 0.25) is 0 Å². The van der Waals surface area contributed by atoms with E-state index < -0.39 is 0 Å². The number of aromatic nitrogens is 1. The Morgan fingerprint density at radius 2 is 2.11 bits per heavy atom. The summed E-state index contributed by atoms with van der Waals surface area (Å²) in [4.78, 5) is 6.81. The molecule has 0 aromatic carbocycles. The van der Waals surface area contributed by atoms with Crippen LogP contribution in [0.5, 0.6) is 0 Å². The molecule has 19 heavy (non-hydrogen) atoms. The molecule has 1 heterocycles. The second kappa shape index (κ2) is 8.39. The van der Waals surface area contributed by atoms with Crippen molar-refractivity contribution in [2.75, 3.05) is 18.0 Å². The lowest BCUT2D eigenvalue weighted by molar-refractivity contribution is 0.622. The maximum absolute atomic E-state index is 6.38. The maximum atomic E-state index is 6.38. The summed E-state index contributed by atoms with van der Waals surface area (Å²) in [5, 5.41) is 4.11. The minimum Gasteiger partial charge on any atom is -0.353 e. The molecule has 0 spiro atoms. The van der Waals surface area contributed by atoms with Gasteiger partial charge in [0.25, 0.3) is 0 Å². The third kappa shape index (κ3) is 4.66. The number of nitrogens with zero attached hydrogens (tertiary/aromatic N) is 2. The zero-order valence-corrected chi connectivity index (χ0v) is 13.3. The summed E-state index contributed by atoms with van der Waals surface area (Å²) in [5.41, 5.74) is 1.14. The minimum atomic E-state index is 0.457. The normalized spacial score (nSPS) is 12.5. The van der Waals surface area contributed by atoms with Gasteiger partial charge >= 0.3 is 0 Å². The number of halogens is 1. The summed E-state index contributed by atoms with van der Waals surface area (Å²) < 4.78 is 0. The molecule has 1 unspecified atom stereocenters. The third-order valence-corrected chi connectivity index (χ3v) is 3.65. The molecule has 0 aliphatic heterocycles. The molecule has 1 rings (SSSR count). The lowest BCUT2D eigenvalue weighted by Gasteiger charge is -2.29. The molecule has 1 aromatic rings. The first-order chi connectivity index (χ1) is 9.13. The number of hydrogen-bond acceptors (Lipinski definition) is 3. The number of rotatable bonds is 8. The van der Waals surface area contributed by atoms with Gasteiger partial charge in [-0.1, -0.05) is 25.4 Å². The third-order valence-electron chi connectivity index (χ3n) is 3.37. The molecule has 0 saturated carbocycles. The molecule has 4 heteroatoms. The molecule has 1 atom stereocenters. The number of pyridine rings is 1. The van der Waals surface area contributed by atoms with Crippen molar-refractivity contribution >= 4 is 17.4 Å². The van der Waals surface area contributed by atoms with Gasteiger partial charge in [-0.25, -0.2) is 4.98 Å². The molecule has 0 saturated heterocycles. The fourth-order valence-electron chi connectivity index (χ4n) is 2.08. The van der Waals surface area contributed by atoms with Gasteiger partial charge < -0.3 is 10.2 Å². The van der Waals surface area contributed by atoms with E-state index in [0.29, 0.717) is 6.04 Å². The molecule has 108 valence electrons. The van der Waals surface area contributed by atoms with Crippen molar-refractivity contribution in [2.45, 2.75) is 53.1 Å². The molecule has 0 radical (unpaired) electrons. The van der Waals surface area contributed by atoms with Crippen molar-refractivity contribution in [3.05, 3.63) is 22.8 Å². The highest BCUT2D eigenvalue weighted by Crippen LogP contribution is 2.26. The molecule has 0 fully saturated rings. The summed E-state index contributed by atoms with van der Waals surface area (Å²) in [6, 6.07) is 2.48. The lowest BCUT2D eigenvalue weighted by Crippen LogP contribution is -2.33. The molecular formula is C15H26ClN3. The van der Waals surface area contributed by atoms with E-state index in [1.54, 1.807) is 0 Å². The zero-order chi connectivity index (χ0) is 14.3. The Hall–Kier alpha value is -0.800. The van der Waals surface area contributed by atoms with E-state index in [-0.39, 0.29) is 0 Å². The zero-order valence-electron chi connectivity index (χ0n) is 12.5. The Bertz CT molecular complexity index is 382. The molecule has 0 bridgehead atoms. The summed E-state index contributed by atoms with van der Waals surface area (Å²) in [5.74, 6) is 0.901. The quantitative estimate of drug-likeness (QED) is 0.734. The number of anilines is 1. The molecule has 0 aliphatic rings. The molecule has 3 nitrogen and oxygen atoms in total. The Morgan fingerprint density at radius 3 is 2.63 bits per heavy atom. The van der Waals surface area contributed by atoms with E-state index in [4.69, 9.17) is 11.6 Å². The highest BCUT2D eigenvalue weighted by Gasteiger charge is 2.15. The van der Waals surface area contributed by atoms with Crippen molar-refractivity contribution in [1.29, 1.82) is 0 Å². The van der Waals surface area contributed by atoms with Gasteiger partial charge in [-0.15, -0.1) is 0 Å². The minimum absolute atomic E-state index is 0.457. The predicted molar refractivity (Wildman–Crippen MR) is 84.0 cm³/mol. The predicted octanol–water partition coefficient (Wildman–Crippen LogP) is 3.86. The summed E-state index contributed by atoms with van der Waals surface area (Å²) in [6.07, 6.45) is 4.15. The molecule has 0 aliphatic carbocycles. The van der Waals surface area contributed by atoms with Gasteiger partial charge in [0, 0.05) is 25.3 Å². The first-order valence-electron chi connectivity index (χ1n) is 7.25. The van der Waals surface area contributed by atoms with Crippen LogP contribution >= 0.6 is 11.6 Å². The van der Waals surface area contributed by atoms with E-state index in [1.165, 1.54) is 0 Å². The first-order valence-corrected chi connectivity index (χ1v) is 7.63. The van der Waals surface area contributed by atoms with Crippen molar-refractivity contribution in [1.82, 2.24) is 10.3 Å². The average molecular weight is 284 g/mol. The number of hydrogen-bond donors (Lipinski definition) is 1. The van der Waals surface area contributed by atoms with Crippen LogP contribution in [-0.2, 0) is 6.54 Å². The van der Waals surface area contributed by atoms with Crippen molar-refractivity contribution in [2.24, 2.45) is 0 Å². The van der Waals surface area contributed by atoms with Crippen LogP contribution in [0.1, 0.15) is 46.1 Å². The lowest BCUT2D eigenvalue weighted by atomic mass is 10.2. The van der Waals surface area contributed by atoms with E-state index in [1.807, 2.05) is 12.3 Å². The largest absolute Gasteiger partial charge is 0.353 e. The smallest absolute Gasteiger partial charge is 0.147 e. The number of nitrogens with one attached hydrogen (secondary N) is 1. The van der Waals surface area contributed by atoms with Crippen LogP contribution in [0.15, 0.2) is 12.3 Å². The maximum Gasteiger partial charge on any atom is 0.147 e. The van der Waals surface area contributed by atoms with Crippen LogP contribution in [0.25, 0.3) is 0 Å². The van der Waals surface area contributed by atoms with Crippen molar-refractivity contribution < 1.29 is 0 Å². The highest BCUT2D eigenvalue weighted by molar-refractivity contribution is 6.33. The molecular weight excluding hydrogens is 258 g/mol. The standard InChI is InChI=1S/C15H26ClN3/c1-5-8-17-10-13-9-14(16)15(18-11-13)19(7-3)12(4)6-2/h9,11-12,17H,5-8,10H2,1-4H3. The molecule has 0 amide bonds. The molecule has 1 N–H and O–H groups in total. The Kier molecular flexibility index (Phi) is 7.17.